The molecular formula is C11H12FN3O. The van der Waals surface area contributed by atoms with Crippen molar-refractivity contribution >= 4 is 5.91 Å². The Morgan fingerprint density at radius 1 is 1.56 bits per heavy atom. The number of amides is 1. The largest absolute Gasteiger partial charge is 0.332 e. The SMILES string of the molecule is Cc1nnccc1C(=O)N1CCC=C(F)C1. The average molecular weight is 221 g/mol. The summed E-state index contributed by atoms with van der Waals surface area (Å²) in [6.07, 6.45) is 3.55. The standard InChI is InChI=1S/C11H12FN3O/c1-8-10(4-5-13-14-8)11(16)15-6-2-3-9(12)7-15/h3-5H,2,6-7H2,1H3. The third-order valence-corrected chi connectivity index (χ3v) is 2.53. The smallest absolute Gasteiger partial charge is 0.256 e. The molecule has 1 aromatic heterocycles. The molecule has 84 valence electrons. The van der Waals surface area contributed by atoms with Gasteiger partial charge in [0, 0.05) is 6.54 Å². The molecule has 2 heterocycles. The first kappa shape index (κ1) is 10.7. The number of halogens is 1. The van der Waals surface area contributed by atoms with Crippen LogP contribution in [0.2, 0.25) is 0 Å². The van der Waals surface area contributed by atoms with Crippen molar-refractivity contribution < 1.29 is 9.18 Å². The molecule has 0 spiro atoms. The van der Waals surface area contributed by atoms with E-state index < -0.39 is 0 Å². The van der Waals surface area contributed by atoms with Gasteiger partial charge in [-0.05, 0) is 25.5 Å². The Morgan fingerprint density at radius 3 is 3.06 bits per heavy atom. The summed E-state index contributed by atoms with van der Waals surface area (Å²) >= 11 is 0. The lowest BCUT2D eigenvalue weighted by molar-refractivity contribution is 0.0754. The number of nitrogens with zero attached hydrogens (tertiary/aromatic N) is 3. The van der Waals surface area contributed by atoms with Crippen LogP contribution in [0.15, 0.2) is 24.2 Å². The predicted octanol–water partition coefficient (Wildman–Crippen LogP) is 1.48. The van der Waals surface area contributed by atoms with E-state index >= 15 is 0 Å². The summed E-state index contributed by atoms with van der Waals surface area (Å²) in [4.78, 5) is 13.5. The fourth-order valence-electron chi connectivity index (χ4n) is 1.67. The number of hydrogen-bond acceptors (Lipinski definition) is 3. The van der Waals surface area contributed by atoms with Crippen LogP contribution in [0.1, 0.15) is 22.5 Å². The van der Waals surface area contributed by atoms with Gasteiger partial charge < -0.3 is 4.90 Å². The first-order valence-electron chi connectivity index (χ1n) is 5.10. The Kier molecular flexibility index (Phi) is 2.94. The predicted molar refractivity (Wildman–Crippen MR) is 56.5 cm³/mol. The minimum absolute atomic E-state index is 0.0561. The molecule has 0 aromatic carbocycles. The molecule has 5 heteroatoms. The summed E-state index contributed by atoms with van der Waals surface area (Å²) < 4.78 is 13.0. The van der Waals surface area contributed by atoms with Gasteiger partial charge in [-0.15, -0.1) is 0 Å². The zero-order valence-electron chi connectivity index (χ0n) is 8.98. The lowest BCUT2D eigenvalue weighted by Crippen LogP contribution is -2.35. The van der Waals surface area contributed by atoms with E-state index in [1.54, 1.807) is 13.0 Å². The highest BCUT2D eigenvalue weighted by atomic mass is 19.1. The van der Waals surface area contributed by atoms with Gasteiger partial charge in [-0.1, -0.05) is 0 Å². The Labute approximate surface area is 92.8 Å². The van der Waals surface area contributed by atoms with Crippen LogP contribution < -0.4 is 0 Å². The van der Waals surface area contributed by atoms with E-state index in [-0.39, 0.29) is 18.3 Å². The monoisotopic (exact) mass is 221 g/mol. The Bertz CT molecular complexity index is 445. The molecule has 0 radical (unpaired) electrons. The van der Waals surface area contributed by atoms with Crippen molar-refractivity contribution in [3.8, 4) is 0 Å². The molecule has 1 aromatic rings. The third kappa shape index (κ3) is 2.08. The van der Waals surface area contributed by atoms with Crippen LogP contribution in [0.3, 0.4) is 0 Å². The maximum atomic E-state index is 13.0. The quantitative estimate of drug-likeness (QED) is 0.721. The average Bonchev–Trinajstić information content (AvgIpc) is 2.29. The fourth-order valence-corrected chi connectivity index (χ4v) is 1.67. The van der Waals surface area contributed by atoms with Gasteiger partial charge in [0.1, 0.15) is 5.83 Å². The van der Waals surface area contributed by atoms with Crippen molar-refractivity contribution in [2.75, 3.05) is 13.1 Å². The van der Waals surface area contributed by atoms with Crippen LogP contribution in [0, 0.1) is 6.92 Å². The minimum Gasteiger partial charge on any atom is -0.332 e. The van der Waals surface area contributed by atoms with Gasteiger partial charge in [0.15, 0.2) is 0 Å². The molecule has 0 atom stereocenters. The second-order valence-corrected chi connectivity index (χ2v) is 3.70. The first-order chi connectivity index (χ1) is 7.68. The van der Waals surface area contributed by atoms with Gasteiger partial charge in [-0.25, -0.2) is 4.39 Å². The summed E-state index contributed by atoms with van der Waals surface area (Å²) in [6, 6.07) is 1.61. The number of aryl methyl sites for hydroxylation is 1. The normalized spacial score (nSPS) is 15.9. The number of aromatic nitrogens is 2. The van der Waals surface area contributed by atoms with Gasteiger partial charge in [-0.3, -0.25) is 4.79 Å². The highest BCUT2D eigenvalue weighted by Crippen LogP contribution is 2.14. The summed E-state index contributed by atoms with van der Waals surface area (Å²) in [5, 5.41) is 7.49. The van der Waals surface area contributed by atoms with E-state index in [0.717, 1.165) is 0 Å². The molecule has 1 amide bonds. The molecule has 16 heavy (non-hydrogen) atoms. The van der Waals surface area contributed by atoms with Crippen LogP contribution in [0.4, 0.5) is 4.39 Å². The van der Waals surface area contributed by atoms with Crippen molar-refractivity contribution in [1.82, 2.24) is 15.1 Å². The molecule has 1 aliphatic heterocycles. The highest BCUT2D eigenvalue weighted by molar-refractivity contribution is 5.95. The van der Waals surface area contributed by atoms with Crippen LogP contribution in [-0.2, 0) is 0 Å². The second-order valence-electron chi connectivity index (χ2n) is 3.70. The Morgan fingerprint density at radius 2 is 2.38 bits per heavy atom. The van der Waals surface area contributed by atoms with Crippen molar-refractivity contribution in [3.05, 3.63) is 35.4 Å². The number of carbonyl (C=O) groups is 1. The third-order valence-electron chi connectivity index (χ3n) is 2.53. The van der Waals surface area contributed by atoms with Gasteiger partial charge >= 0.3 is 0 Å². The van der Waals surface area contributed by atoms with Crippen molar-refractivity contribution in [1.29, 1.82) is 0 Å². The van der Waals surface area contributed by atoms with Crippen LogP contribution in [0.25, 0.3) is 0 Å². The van der Waals surface area contributed by atoms with Crippen LogP contribution >= 0.6 is 0 Å². The van der Waals surface area contributed by atoms with Crippen molar-refractivity contribution in [2.24, 2.45) is 0 Å². The first-order valence-corrected chi connectivity index (χ1v) is 5.10. The van der Waals surface area contributed by atoms with E-state index in [4.69, 9.17) is 0 Å². The van der Waals surface area contributed by atoms with E-state index in [0.29, 0.717) is 24.2 Å². The molecule has 0 fully saturated rings. The molecular weight excluding hydrogens is 209 g/mol. The summed E-state index contributed by atoms with van der Waals surface area (Å²) in [6.45, 7) is 2.32. The fraction of sp³-hybridized carbons (Fsp3) is 0.364. The number of carbonyl (C=O) groups excluding carboxylic acids is 1. The molecule has 0 aliphatic carbocycles. The zero-order chi connectivity index (χ0) is 11.5. The Hall–Kier alpha value is -1.78. The molecule has 0 N–H and O–H groups in total. The van der Waals surface area contributed by atoms with Gasteiger partial charge in [0.25, 0.3) is 5.91 Å². The van der Waals surface area contributed by atoms with Gasteiger partial charge in [0.2, 0.25) is 0 Å². The van der Waals surface area contributed by atoms with Crippen molar-refractivity contribution in [3.63, 3.8) is 0 Å². The molecule has 4 nitrogen and oxygen atoms in total. The van der Waals surface area contributed by atoms with Gasteiger partial charge in [0.05, 0.1) is 24.0 Å². The second kappa shape index (κ2) is 4.38. The van der Waals surface area contributed by atoms with E-state index in [1.165, 1.54) is 17.2 Å². The van der Waals surface area contributed by atoms with E-state index in [1.807, 2.05) is 0 Å². The topological polar surface area (TPSA) is 46.1 Å². The van der Waals surface area contributed by atoms with Crippen molar-refractivity contribution in [2.45, 2.75) is 13.3 Å². The molecule has 1 aliphatic rings. The summed E-state index contributed by atoms with van der Waals surface area (Å²) in [5.74, 6) is -0.435. The van der Waals surface area contributed by atoms with E-state index in [9.17, 15) is 9.18 Å². The number of rotatable bonds is 1. The maximum absolute atomic E-state index is 13.0. The Balaban J connectivity index is 2.20. The summed E-state index contributed by atoms with van der Waals surface area (Å²) in [7, 11) is 0. The van der Waals surface area contributed by atoms with Crippen LogP contribution in [-0.4, -0.2) is 34.1 Å². The summed E-state index contributed by atoms with van der Waals surface area (Å²) in [5.41, 5.74) is 1.06. The van der Waals surface area contributed by atoms with Gasteiger partial charge in [-0.2, -0.15) is 10.2 Å². The lowest BCUT2D eigenvalue weighted by Gasteiger charge is -2.24. The molecule has 0 saturated carbocycles. The molecule has 0 bridgehead atoms. The maximum Gasteiger partial charge on any atom is 0.256 e. The highest BCUT2D eigenvalue weighted by Gasteiger charge is 2.21. The zero-order valence-corrected chi connectivity index (χ0v) is 8.98. The molecule has 0 saturated heterocycles. The molecule has 2 rings (SSSR count). The van der Waals surface area contributed by atoms with E-state index in [2.05, 4.69) is 10.2 Å². The number of hydrogen-bond donors (Lipinski definition) is 0. The lowest BCUT2D eigenvalue weighted by atomic mass is 10.1. The minimum atomic E-state index is -0.251. The van der Waals surface area contributed by atoms with Crippen LogP contribution in [0.5, 0.6) is 0 Å². The molecule has 0 unspecified atom stereocenters.